The summed E-state index contributed by atoms with van der Waals surface area (Å²) in [6.45, 7) is 4.50. The second-order valence-corrected chi connectivity index (χ2v) is 4.65. The Morgan fingerprint density at radius 2 is 1.84 bits per heavy atom. The zero-order chi connectivity index (χ0) is 14.5. The predicted octanol–water partition coefficient (Wildman–Crippen LogP) is 3.31. The van der Waals surface area contributed by atoms with E-state index in [1.807, 2.05) is 13.8 Å². The van der Waals surface area contributed by atoms with Gasteiger partial charge in [-0.3, -0.25) is 0 Å². The number of alkyl halides is 3. The fourth-order valence-corrected chi connectivity index (χ4v) is 1.74. The first-order chi connectivity index (χ1) is 8.87. The standard InChI is InChI=1S/C13H19F3N2O/c1-3-12(4-2,9-19)8-18-10-5-6-11(17-7-10)13(14,15)16/h5-7,18-19H,3-4,8-9H2,1-2H3. The minimum absolute atomic E-state index is 0.0427. The highest BCUT2D eigenvalue weighted by molar-refractivity contribution is 5.41. The third-order valence-electron chi connectivity index (χ3n) is 3.56. The van der Waals surface area contributed by atoms with Gasteiger partial charge in [-0.05, 0) is 25.0 Å². The topological polar surface area (TPSA) is 45.1 Å². The molecule has 3 nitrogen and oxygen atoms in total. The SMILES string of the molecule is CCC(CC)(CO)CNc1ccc(C(F)(F)F)nc1. The van der Waals surface area contributed by atoms with Crippen LogP contribution >= 0.6 is 0 Å². The van der Waals surface area contributed by atoms with E-state index in [0.29, 0.717) is 12.2 Å². The fourth-order valence-electron chi connectivity index (χ4n) is 1.74. The Labute approximate surface area is 110 Å². The highest BCUT2D eigenvalue weighted by Gasteiger charge is 2.32. The number of nitrogens with one attached hydrogen (secondary N) is 1. The minimum Gasteiger partial charge on any atom is -0.396 e. The van der Waals surface area contributed by atoms with Crippen molar-refractivity contribution in [3.63, 3.8) is 0 Å². The van der Waals surface area contributed by atoms with Gasteiger partial charge in [0.15, 0.2) is 0 Å². The van der Waals surface area contributed by atoms with Crippen molar-refractivity contribution >= 4 is 5.69 Å². The molecule has 2 N–H and O–H groups in total. The summed E-state index contributed by atoms with van der Waals surface area (Å²) in [4.78, 5) is 3.38. The molecule has 0 unspecified atom stereocenters. The molecule has 0 aliphatic heterocycles. The van der Waals surface area contributed by atoms with E-state index < -0.39 is 11.9 Å². The van der Waals surface area contributed by atoms with Gasteiger partial charge in [0.1, 0.15) is 5.69 Å². The van der Waals surface area contributed by atoms with Gasteiger partial charge in [0, 0.05) is 12.0 Å². The van der Waals surface area contributed by atoms with Crippen LogP contribution in [0, 0.1) is 5.41 Å². The highest BCUT2D eigenvalue weighted by Crippen LogP contribution is 2.29. The molecule has 0 aliphatic carbocycles. The van der Waals surface area contributed by atoms with Crippen molar-refractivity contribution in [2.45, 2.75) is 32.9 Å². The summed E-state index contributed by atoms with van der Waals surface area (Å²) >= 11 is 0. The Morgan fingerprint density at radius 3 is 2.21 bits per heavy atom. The van der Waals surface area contributed by atoms with E-state index in [0.717, 1.165) is 25.1 Å². The monoisotopic (exact) mass is 276 g/mol. The first kappa shape index (κ1) is 15.8. The third-order valence-corrected chi connectivity index (χ3v) is 3.56. The van der Waals surface area contributed by atoms with Gasteiger partial charge in [0.05, 0.1) is 18.5 Å². The third kappa shape index (κ3) is 4.09. The molecule has 0 aromatic carbocycles. The summed E-state index contributed by atoms with van der Waals surface area (Å²) in [5.74, 6) is 0. The molecule has 0 aliphatic rings. The van der Waals surface area contributed by atoms with Crippen LogP contribution in [-0.2, 0) is 6.18 Å². The maximum absolute atomic E-state index is 12.3. The number of aliphatic hydroxyl groups is 1. The van der Waals surface area contributed by atoms with Crippen molar-refractivity contribution in [2.75, 3.05) is 18.5 Å². The van der Waals surface area contributed by atoms with Gasteiger partial charge in [-0.1, -0.05) is 13.8 Å². The van der Waals surface area contributed by atoms with Crippen LogP contribution in [0.3, 0.4) is 0 Å². The minimum atomic E-state index is -4.42. The lowest BCUT2D eigenvalue weighted by atomic mass is 9.83. The molecule has 0 saturated carbocycles. The number of nitrogens with zero attached hydrogens (tertiary/aromatic N) is 1. The lowest BCUT2D eigenvalue weighted by Crippen LogP contribution is -2.32. The predicted molar refractivity (Wildman–Crippen MR) is 67.8 cm³/mol. The second kappa shape index (κ2) is 6.23. The molecule has 0 fully saturated rings. The molecule has 0 bridgehead atoms. The Balaban J connectivity index is 2.69. The van der Waals surface area contributed by atoms with E-state index in [1.165, 1.54) is 6.07 Å². The Kier molecular flexibility index (Phi) is 5.17. The fraction of sp³-hybridized carbons (Fsp3) is 0.615. The number of hydrogen-bond acceptors (Lipinski definition) is 3. The van der Waals surface area contributed by atoms with Crippen LogP contribution in [0.5, 0.6) is 0 Å². The Hall–Kier alpha value is -1.30. The maximum Gasteiger partial charge on any atom is 0.433 e. The largest absolute Gasteiger partial charge is 0.433 e. The Morgan fingerprint density at radius 1 is 1.21 bits per heavy atom. The lowest BCUT2D eigenvalue weighted by Gasteiger charge is -2.29. The molecular weight excluding hydrogens is 257 g/mol. The van der Waals surface area contributed by atoms with E-state index >= 15 is 0 Å². The van der Waals surface area contributed by atoms with Gasteiger partial charge in [0.2, 0.25) is 0 Å². The van der Waals surface area contributed by atoms with Crippen LogP contribution in [0.1, 0.15) is 32.4 Å². The summed E-state index contributed by atoms with van der Waals surface area (Å²) in [7, 11) is 0. The van der Waals surface area contributed by atoms with Gasteiger partial charge in [-0.25, -0.2) is 4.98 Å². The molecule has 0 saturated heterocycles. The van der Waals surface area contributed by atoms with Gasteiger partial charge in [-0.2, -0.15) is 13.2 Å². The van der Waals surface area contributed by atoms with Crippen molar-refractivity contribution in [2.24, 2.45) is 5.41 Å². The molecular formula is C13H19F3N2O. The van der Waals surface area contributed by atoms with E-state index in [9.17, 15) is 18.3 Å². The van der Waals surface area contributed by atoms with Crippen LogP contribution in [0.15, 0.2) is 18.3 Å². The van der Waals surface area contributed by atoms with Crippen molar-refractivity contribution in [3.05, 3.63) is 24.0 Å². The molecule has 1 aromatic heterocycles. The molecule has 1 aromatic rings. The van der Waals surface area contributed by atoms with Crippen molar-refractivity contribution in [1.82, 2.24) is 4.98 Å². The molecule has 108 valence electrons. The molecule has 0 atom stereocenters. The number of hydrogen-bond donors (Lipinski definition) is 2. The normalized spacial score (nSPS) is 12.5. The van der Waals surface area contributed by atoms with E-state index in [1.54, 1.807) is 0 Å². The number of aromatic nitrogens is 1. The first-order valence-electron chi connectivity index (χ1n) is 6.25. The number of anilines is 1. The first-order valence-corrected chi connectivity index (χ1v) is 6.25. The van der Waals surface area contributed by atoms with Gasteiger partial charge < -0.3 is 10.4 Å². The van der Waals surface area contributed by atoms with Crippen LogP contribution in [0.4, 0.5) is 18.9 Å². The number of pyridine rings is 1. The summed E-state index contributed by atoms with van der Waals surface area (Å²) in [6, 6.07) is 2.30. The average Bonchev–Trinajstić information content (AvgIpc) is 2.40. The molecule has 1 heterocycles. The van der Waals surface area contributed by atoms with Crippen molar-refractivity contribution < 1.29 is 18.3 Å². The average molecular weight is 276 g/mol. The molecule has 19 heavy (non-hydrogen) atoms. The number of halogens is 3. The maximum atomic E-state index is 12.3. The lowest BCUT2D eigenvalue weighted by molar-refractivity contribution is -0.141. The summed E-state index contributed by atoms with van der Waals surface area (Å²) in [6.07, 6.45) is -1.67. The van der Waals surface area contributed by atoms with Gasteiger partial charge in [0.25, 0.3) is 0 Å². The van der Waals surface area contributed by atoms with Crippen molar-refractivity contribution in [3.8, 4) is 0 Å². The van der Waals surface area contributed by atoms with E-state index in [4.69, 9.17) is 0 Å². The molecule has 0 spiro atoms. The highest BCUT2D eigenvalue weighted by atomic mass is 19.4. The van der Waals surface area contributed by atoms with Crippen molar-refractivity contribution in [1.29, 1.82) is 0 Å². The van der Waals surface area contributed by atoms with E-state index in [2.05, 4.69) is 10.3 Å². The van der Waals surface area contributed by atoms with Crippen LogP contribution < -0.4 is 5.32 Å². The van der Waals surface area contributed by atoms with Crippen LogP contribution in [0.2, 0.25) is 0 Å². The number of aliphatic hydroxyl groups excluding tert-OH is 1. The molecule has 0 amide bonds. The van der Waals surface area contributed by atoms with E-state index in [-0.39, 0.29) is 12.0 Å². The molecule has 6 heteroatoms. The molecule has 1 rings (SSSR count). The number of rotatable bonds is 6. The second-order valence-electron chi connectivity index (χ2n) is 4.65. The van der Waals surface area contributed by atoms with Crippen LogP contribution in [0.25, 0.3) is 0 Å². The Bertz CT molecular complexity index is 378. The zero-order valence-electron chi connectivity index (χ0n) is 11.1. The smallest absolute Gasteiger partial charge is 0.396 e. The van der Waals surface area contributed by atoms with Gasteiger partial charge >= 0.3 is 6.18 Å². The zero-order valence-corrected chi connectivity index (χ0v) is 11.1. The summed E-state index contributed by atoms with van der Waals surface area (Å²) in [5.41, 5.74) is -0.631. The summed E-state index contributed by atoms with van der Waals surface area (Å²) < 4.78 is 37.0. The molecule has 0 radical (unpaired) electrons. The summed E-state index contributed by atoms with van der Waals surface area (Å²) in [5, 5.41) is 12.4. The quantitative estimate of drug-likeness (QED) is 0.838. The van der Waals surface area contributed by atoms with Gasteiger partial charge in [-0.15, -0.1) is 0 Å². The van der Waals surface area contributed by atoms with Crippen LogP contribution in [-0.4, -0.2) is 23.2 Å².